The van der Waals surface area contributed by atoms with Crippen molar-refractivity contribution in [2.75, 3.05) is 0 Å². The van der Waals surface area contributed by atoms with Gasteiger partial charge >= 0.3 is 0 Å². The second kappa shape index (κ2) is 4.33. The number of hydrogen-bond acceptors (Lipinski definition) is 0. The Morgan fingerprint density at radius 3 is 1.78 bits per heavy atom. The van der Waals surface area contributed by atoms with Gasteiger partial charge in [-0.3, -0.25) is 0 Å². The molecule has 3 aliphatic rings. The summed E-state index contributed by atoms with van der Waals surface area (Å²) in [7, 11) is -1.75. The molecule has 110 valence electrons. The second-order valence-electron chi connectivity index (χ2n) is 6.80. The van der Waals surface area contributed by atoms with Gasteiger partial charge in [-0.25, -0.2) is 0 Å². The summed E-state index contributed by atoms with van der Waals surface area (Å²) < 4.78 is 0. The van der Waals surface area contributed by atoms with E-state index in [-0.39, 0.29) is 5.41 Å². The molecule has 0 atom stereocenters. The zero-order valence-corrected chi connectivity index (χ0v) is 14.2. The predicted molar refractivity (Wildman–Crippen MR) is 99.2 cm³/mol. The van der Waals surface area contributed by atoms with Crippen molar-refractivity contribution in [1.82, 2.24) is 0 Å². The molecule has 3 heterocycles. The average molecular weight is 310 g/mol. The van der Waals surface area contributed by atoms with Gasteiger partial charge in [0.05, 0.1) is 5.41 Å². The SMILES string of the molecule is C[Si]12C=CC(c3ccccc3)(c3ccccc31)c1ccccc12. The van der Waals surface area contributed by atoms with Crippen molar-refractivity contribution in [1.29, 1.82) is 0 Å². The molecule has 0 spiro atoms. The first-order chi connectivity index (χ1) is 11.3. The van der Waals surface area contributed by atoms with Crippen molar-refractivity contribution in [3.63, 3.8) is 0 Å². The van der Waals surface area contributed by atoms with Gasteiger partial charge in [-0.2, -0.15) is 0 Å². The standard InChI is InChI=1S/C22H18Si/c1-23-16-15-22(17-9-3-2-4-10-17,18-11-5-7-13-20(18)23)19-12-6-8-14-21(19)23/h2-16H,1H3. The molecule has 0 nitrogen and oxygen atoms in total. The Hall–Kier alpha value is -2.38. The highest BCUT2D eigenvalue weighted by Crippen LogP contribution is 2.46. The maximum absolute atomic E-state index is 2.55. The van der Waals surface area contributed by atoms with Gasteiger partial charge in [-0.05, 0) is 27.1 Å². The van der Waals surface area contributed by atoms with Crippen LogP contribution in [0, 0.1) is 0 Å². The Labute approximate surface area is 138 Å². The molecule has 6 rings (SSSR count). The van der Waals surface area contributed by atoms with E-state index in [2.05, 4.69) is 97.2 Å². The van der Waals surface area contributed by atoms with Crippen LogP contribution in [0.3, 0.4) is 0 Å². The van der Waals surface area contributed by atoms with Crippen LogP contribution in [0.25, 0.3) is 0 Å². The van der Waals surface area contributed by atoms with E-state index in [4.69, 9.17) is 0 Å². The van der Waals surface area contributed by atoms with Crippen LogP contribution in [-0.4, -0.2) is 8.07 Å². The van der Waals surface area contributed by atoms with Crippen LogP contribution in [0.2, 0.25) is 6.55 Å². The lowest BCUT2D eigenvalue weighted by molar-refractivity contribution is 0.777. The topological polar surface area (TPSA) is 0 Å². The quantitative estimate of drug-likeness (QED) is 0.602. The first-order valence-corrected chi connectivity index (χ1v) is 10.8. The van der Waals surface area contributed by atoms with Crippen molar-refractivity contribution in [2.45, 2.75) is 12.0 Å². The van der Waals surface area contributed by atoms with Gasteiger partial charge in [0.1, 0.15) is 8.07 Å². The van der Waals surface area contributed by atoms with Crippen molar-refractivity contribution in [3.8, 4) is 0 Å². The molecule has 3 aliphatic heterocycles. The van der Waals surface area contributed by atoms with Crippen LogP contribution in [0.15, 0.2) is 90.6 Å². The van der Waals surface area contributed by atoms with Crippen LogP contribution in [-0.2, 0) is 5.41 Å². The van der Waals surface area contributed by atoms with Gasteiger partial charge in [0.15, 0.2) is 0 Å². The van der Waals surface area contributed by atoms with E-state index in [0.29, 0.717) is 0 Å². The van der Waals surface area contributed by atoms with Gasteiger partial charge in [0.25, 0.3) is 0 Å². The number of rotatable bonds is 1. The highest BCUT2D eigenvalue weighted by molar-refractivity contribution is 7.06. The van der Waals surface area contributed by atoms with E-state index in [9.17, 15) is 0 Å². The summed E-state index contributed by atoms with van der Waals surface area (Å²) in [5.74, 6) is 0. The molecule has 0 N–H and O–H groups in total. The third-order valence-electron chi connectivity index (χ3n) is 5.72. The molecule has 0 fully saturated rings. The fourth-order valence-corrected chi connectivity index (χ4v) is 8.41. The number of allylic oxidation sites excluding steroid dienone is 1. The van der Waals surface area contributed by atoms with Crippen LogP contribution in [0.5, 0.6) is 0 Å². The van der Waals surface area contributed by atoms with Gasteiger partial charge < -0.3 is 0 Å². The maximum atomic E-state index is 2.55. The predicted octanol–water partition coefficient (Wildman–Crippen LogP) is 3.64. The third-order valence-corrected chi connectivity index (χ3v) is 9.66. The summed E-state index contributed by atoms with van der Waals surface area (Å²) in [4.78, 5) is 0. The molecule has 0 radical (unpaired) electrons. The zero-order chi connectivity index (χ0) is 15.5. The van der Waals surface area contributed by atoms with Crippen LogP contribution >= 0.6 is 0 Å². The molecule has 1 heteroatoms. The summed E-state index contributed by atoms with van der Waals surface area (Å²) in [6.07, 6.45) is 2.49. The van der Waals surface area contributed by atoms with E-state index in [1.54, 1.807) is 10.4 Å². The van der Waals surface area contributed by atoms with Crippen molar-refractivity contribution in [2.24, 2.45) is 0 Å². The molecule has 0 aliphatic carbocycles. The normalized spacial score (nSPS) is 26.7. The fraction of sp³-hybridized carbons (Fsp3) is 0.0909. The monoisotopic (exact) mass is 310 g/mol. The summed E-state index contributed by atoms with van der Waals surface area (Å²) in [6.45, 7) is 2.48. The molecule has 3 aromatic carbocycles. The van der Waals surface area contributed by atoms with Crippen LogP contribution < -0.4 is 10.4 Å². The lowest BCUT2D eigenvalue weighted by Gasteiger charge is -2.49. The van der Waals surface area contributed by atoms with E-state index < -0.39 is 8.07 Å². The summed E-state index contributed by atoms with van der Waals surface area (Å²) >= 11 is 0. The lowest BCUT2D eigenvalue weighted by Crippen LogP contribution is -2.66. The molecule has 3 aromatic rings. The molecular weight excluding hydrogens is 292 g/mol. The van der Waals surface area contributed by atoms with Crippen LogP contribution in [0.4, 0.5) is 0 Å². The highest BCUT2D eigenvalue weighted by Gasteiger charge is 2.51. The Kier molecular flexibility index (Phi) is 2.47. The number of benzene rings is 3. The zero-order valence-electron chi connectivity index (χ0n) is 13.2. The minimum Gasteiger partial charge on any atom is -0.0885 e. The summed E-state index contributed by atoms with van der Waals surface area (Å²) in [5.41, 5.74) is 6.76. The third kappa shape index (κ3) is 1.46. The first kappa shape index (κ1) is 13.1. The minimum atomic E-state index is -1.75. The average Bonchev–Trinajstić information content (AvgIpc) is 2.64. The minimum absolute atomic E-state index is 0.126. The summed E-state index contributed by atoms with van der Waals surface area (Å²) in [5, 5.41) is 3.15. The smallest absolute Gasteiger partial charge is 0.0885 e. The van der Waals surface area contributed by atoms with Gasteiger partial charge in [0, 0.05) is 0 Å². The molecule has 0 unspecified atom stereocenters. The maximum Gasteiger partial charge on any atom is 0.138 e. The second-order valence-corrected chi connectivity index (χ2v) is 10.6. The Morgan fingerprint density at radius 1 is 0.652 bits per heavy atom. The largest absolute Gasteiger partial charge is 0.138 e. The van der Waals surface area contributed by atoms with Gasteiger partial charge in [0.2, 0.25) is 0 Å². The van der Waals surface area contributed by atoms with E-state index in [0.717, 1.165) is 0 Å². The number of hydrogen-bond donors (Lipinski definition) is 0. The Morgan fingerprint density at radius 2 is 1.17 bits per heavy atom. The van der Waals surface area contributed by atoms with Crippen LogP contribution in [0.1, 0.15) is 16.7 Å². The fourth-order valence-electron chi connectivity index (χ4n) is 4.61. The van der Waals surface area contributed by atoms with Crippen molar-refractivity contribution < 1.29 is 0 Å². The van der Waals surface area contributed by atoms with Gasteiger partial charge in [-0.15, -0.1) is 0 Å². The molecule has 23 heavy (non-hydrogen) atoms. The van der Waals surface area contributed by atoms with Crippen molar-refractivity contribution in [3.05, 3.63) is 107 Å². The highest BCUT2D eigenvalue weighted by atomic mass is 28.3. The Balaban J connectivity index is 1.97. The molecule has 0 amide bonds. The van der Waals surface area contributed by atoms with Crippen molar-refractivity contribution >= 4 is 18.4 Å². The molecular formula is C22H18Si. The van der Waals surface area contributed by atoms with Gasteiger partial charge in [-0.1, -0.05) is 97.2 Å². The molecule has 2 bridgehead atoms. The van der Waals surface area contributed by atoms with E-state index in [1.165, 1.54) is 16.7 Å². The molecule has 0 saturated carbocycles. The Bertz CT molecular complexity index is 889. The lowest BCUT2D eigenvalue weighted by atomic mass is 9.69. The van der Waals surface area contributed by atoms with E-state index >= 15 is 0 Å². The molecule has 0 aromatic heterocycles. The first-order valence-electron chi connectivity index (χ1n) is 8.23. The summed E-state index contributed by atoms with van der Waals surface area (Å²) in [6, 6.07) is 29.1. The molecule has 0 saturated heterocycles. The van der Waals surface area contributed by atoms with E-state index in [1.807, 2.05) is 0 Å².